The Morgan fingerprint density at radius 1 is 1.56 bits per heavy atom. The van der Waals surface area contributed by atoms with E-state index in [0.717, 1.165) is 13.0 Å². The molecule has 98 valence electrons. The summed E-state index contributed by atoms with van der Waals surface area (Å²) in [6, 6.07) is 3.58. The van der Waals surface area contributed by atoms with E-state index in [1.54, 1.807) is 29.9 Å². The number of imide groups is 1. The van der Waals surface area contributed by atoms with Crippen molar-refractivity contribution in [1.82, 2.24) is 14.8 Å². The first kappa shape index (κ1) is 12.8. The maximum atomic E-state index is 11.8. The SMILES string of the molecule is Cn1cccc1C(=O)NC(=O)CN1CC[C@@H](N)C1. The molecule has 6 nitrogen and oxygen atoms in total. The predicted octanol–water partition coefficient (Wildman–Crippen LogP) is -0.685. The average Bonchev–Trinajstić information content (AvgIpc) is 2.87. The van der Waals surface area contributed by atoms with E-state index >= 15 is 0 Å². The van der Waals surface area contributed by atoms with Crippen LogP contribution in [-0.2, 0) is 11.8 Å². The molecule has 18 heavy (non-hydrogen) atoms. The summed E-state index contributed by atoms with van der Waals surface area (Å²) in [6.07, 6.45) is 2.66. The molecule has 1 aliphatic rings. The number of hydrogen-bond donors (Lipinski definition) is 2. The summed E-state index contributed by atoms with van der Waals surface area (Å²) in [6.45, 7) is 1.75. The van der Waals surface area contributed by atoms with Gasteiger partial charge < -0.3 is 10.3 Å². The number of carbonyl (C=O) groups is 2. The molecule has 2 rings (SSSR count). The Hall–Kier alpha value is -1.66. The van der Waals surface area contributed by atoms with Gasteiger partial charge in [0.2, 0.25) is 5.91 Å². The Bertz CT molecular complexity index is 455. The van der Waals surface area contributed by atoms with Gasteiger partial charge in [-0.05, 0) is 18.6 Å². The molecule has 1 aromatic heterocycles. The molecule has 2 amide bonds. The van der Waals surface area contributed by atoms with Crippen molar-refractivity contribution in [3.63, 3.8) is 0 Å². The lowest BCUT2D eigenvalue weighted by Gasteiger charge is -2.14. The third kappa shape index (κ3) is 2.96. The molecule has 1 atom stereocenters. The second-order valence-corrected chi connectivity index (χ2v) is 4.67. The van der Waals surface area contributed by atoms with Gasteiger partial charge in [0.25, 0.3) is 5.91 Å². The van der Waals surface area contributed by atoms with Crippen LogP contribution in [0.3, 0.4) is 0 Å². The predicted molar refractivity (Wildman–Crippen MR) is 66.9 cm³/mol. The molecular weight excluding hydrogens is 232 g/mol. The molecule has 6 heteroatoms. The first-order valence-corrected chi connectivity index (χ1v) is 5.99. The normalized spacial score (nSPS) is 20.0. The maximum Gasteiger partial charge on any atom is 0.274 e. The quantitative estimate of drug-likeness (QED) is 0.744. The summed E-state index contributed by atoms with van der Waals surface area (Å²) in [5.74, 6) is -0.647. The van der Waals surface area contributed by atoms with Gasteiger partial charge in [-0.2, -0.15) is 0 Å². The van der Waals surface area contributed by atoms with Crippen LogP contribution in [0.2, 0.25) is 0 Å². The van der Waals surface area contributed by atoms with Crippen LogP contribution < -0.4 is 11.1 Å². The van der Waals surface area contributed by atoms with E-state index in [1.807, 2.05) is 4.90 Å². The van der Waals surface area contributed by atoms with Gasteiger partial charge in [-0.15, -0.1) is 0 Å². The zero-order chi connectivity index (χ0) is 13.1. The van der Waals surface area contributed by atoms with Crippen LogP contribution in [0.25, 0.3) is 0 Å². The van der Waals surface area contributed by atoms with Gasteiger partial charge in [0.1, 0.15) is 5.69 Å². The third-order valence-electron chi connectivity index (χ3n) is 3.11. The molecule has 0 unspecified atom stereocenters. The van der Waals surface area contributed by atoms with Gasteiger partial charge in [0.05, 0.1) is 6.54 Å². The third-order valence-corrected chi connectivity index (χ3v) is 3.11. The van der Waals surface area contributed by atoms with Crippen molar-refractivity contribution in [3.8, 4) is 0 Å². The van der Waals surface area contributed by atoms with Crippen LogP contribution in [0.15, 0.2) is 18.3 Å². The number of carbonyl (C=O) groups excluding carboxylic acids is 2. The highest BCUT2D eigenvalue weighted by Crippen LogP contribution is 2.05. The number of amides is 2. The van der Waals surface area contributed by atoms with Gasteiger partial charge in [-0.1, -0.05) is 0 Å². The number of aromatic nitrogens is 1. The molecule has 0 bridgehead atoms. The minimum absolute atomic E-state index is 0.140. The number of likely N-dealkylation sites (tertiary alicyclic amines) is 1. The first-order valence-electron chi connectivity index (χ1n) is 5.99. The van der Waals surface area contributed by atoms with Gasteiger partial charge >= 0.3 is 0 Å². The lowest BCUT2D eigenvalue weighted by Crippen LogP contribution is -2.40. The van der Waals surface area contributed by atoms with Crippen molar-refractivity contribution >= 4 is 11.8 Å². The van der Waals surface area contributed by atoms with E-state index in [-0.39, 0.29) is 24.4 Å². The van der Waals surface area contributed by atoms with Crippen LogP contribution in [0, 0.1) is 0 Å². The van der Waals surface area contributed by atoms with E-state index in [4.69, 9.17) is 5.73 Å². The lowest BCUT2D eigenvalue weighted by atomic mass is 10.3. The minimum Gasteiger partial charge on any atom is -0.347 e. The number of nitrogens with one attached hydrogen (secondary N) is 1. The summed E-state index contributed by atoms with van der Waals surface area (Å²) >= 11 is 0. The highest BCUT2D eigenvalue weighted by Gasteiger charge is 2.22. The standard InChI is InChI=1S/C12H18N4O2/c1-15-5-2-3-10(15)12(18)14-11(17)8-16-6-4-9(13)7-16/h2-3,5,9H,4,6-8,13H2,1H3,(H,14,17,18)/t9-/m1/s1. The number of aryl methyl sites for hydroxylation is 1. The van der Waals surface area contributed by atoms with E-state index in [9.17, 15) is 9.59 Å². The van der Waals surface area contributed by atoms with Crippen LogP contribution in [0.1, 0.15) is 16.9 Å². The largest absolute Gasteiger partial charge is 0.347 e. The van der Waals surface area contributed by atoms with Crippen LogP contribution in [-0.4, -0.2) is 47.0 Å². The van der Waals surface area contributed by atoms with Crippen molar-refractivity contribution in [1.29, 1.82) is 0 Å². The van der Waals surface area contributed by atoms with Gasteiger partial charge in [0, 0.05) is 32.4 Å². The Kier molecular flexibility index (Phi) is 3.78. The van der Waals surface area contributed by atoms with Crippen LogP contribution >= 0.6 is 0 Å². The number of hydrogen-bond acceptors (Lipinski definition) is 4. The Balaban J connectivity index is 1.84. The molecule has 0 radical (unpaired) electrons. The number of nitrogens with zero attached hydrogens (tertiary/aromatic N) is 2. The molecule has 1 aromatic rings. The van der Waals surface area contributed by atoms with Crippen molar-refractivity contribution in [2.45, 2.75) is 12.5 Å². The highest BCUT2D eigenvalue weighted by molar-refractivity contribution is 6.04. The van der Waals surface area contributed by atoms with E-state index < -0.39 is 0 Å². The van der Waals surface area contributed by atoms with Crippen LogP contribution in [0.4, 0.5) is 0 Å². The number of rotatable bonds is 3. The molecule has 0 aromatic carbocycles. The molecule has 2 heterocycles. The summed E-state index contributed by atoms with van der Waals surface area (Å²) in [4.78, 5) is 25.4. The molecule has 1 aliphatic heterocycles. The van der Waals surface area contributed by atoms with Crippen molar-refractivity contribution in [2.75, 3.05) is 19.6 Å². The summed E-state index contributed by atoms with van der Waals surface area (Å²) < 4.78 is 1.67. The zero-order valence-electron chi connectivity index (χ0n) is 10.4. The number of nitrogens with two attached hydrogens (primary N) is 1. The highest BCUT2D eigenvalue weighted by atomic mass is 16.2. The Morgan fingerprint density at radius 2 is 2.33 bits per heavy atom. The van der Waals surface area contributed by atoms with Gasteiger partial charge in [-0.3, -0.25) is 19.8 Å². The second-order valence-electron chi connectivity index (χ2n) is 4.67. The molecule has 1 saturated heterocycles. The Morgan fingerprint density at radius 3 is 2.89 bits per heavy atom. The fourth-order valence-electron chi connectivity index (χ4n) is 2.14. The zero-order valence-corrected chi connectivity index (χ0v) is 10.4. The topological polar surface area (TPSA) is 80.4 Å². The smallest absolute Gasteiger partial charge is 0.274 e. The van der Waals surface area contributed by atoms with Crippen molar-refractivity contribution in [3.05, 3.63) is 24.0 Å². The fourth-order valence-corrected chi connectivity index (χ4v) is 2.14. The van der Waals surface area contributed by atoms with Crippen molar-refractivity contribution < 1.29 is 9.59 Å². The summed E-state index contributed by atoms with van der Waals surface area (Å²) in [5.41, 5.74) is 6.23. The average molecular weight is 250 g/mol. The first-order chi connectivity index (χ1) is 8.56. The van der Waals surface area contributed by atoms with Gasteiger partial charge in [-0.25, -0.2) is 0 Å². The minimum atomic E-state index is -0.365. The summed E-state index contributed by atoms with van der Waals surface area (Å²) in [7, 11) is 1.76. The van der Waals surface area contributed by atoms with E-state index in [1.165, 1.54) is 0 Å². The molecular formula is C12H18N4O2. The molecule has 0 saturated carbocycles. The molecule has 3 N–H and O–H groups in total. The van der Waals surface area contributed by atoms with E-state index in [2.05, 4.69) is 5.32 Å². The maximum absolute atomic E-state index is 11.8. The molecule has 0 aliphatic carbocycles. The van der Waals surface area contributed by atoms with Crippen molar-refractivity contribution in [2.24, 2.45) is 12.8 Å². The molecule has 0 spiro atoms. The monoisotopic (exact) mass is 250 g/mol. The van der Waals surface area contributed by atoms with E-state index in [0.29, 0.717) is 12.2 Å². The second kappa shape index (κ2) is 5.32. The van der Waals surface area contributed by atoms with Crippen LogP contribution in [0.5, 0.6) is 0 Å². The Labute approximate surface area is 106 Å². The lowest BCUT2D eigenvalue weighted by molar-refractivity contribution is -0.121. The van der Waals surface area contributed by atoms with Gasteiger partial charge in [0.15, 0.2) is 0 Å². The fraction of sp³-hybridized carbons (Fsp3) is 0.500. The summed E-state index contributed by atoms with van der Waals surface area (Å²) in [5, 5.41) is 2.38. The molecule has 1 fully saturated rings.